The van der Waals surface area contributed by atoms with Crippen LogP contribution in [0.25, 0.3) is 80.7 Å². The second kappa shape index (κ2) is 12.9. The summed E-state index contributed by atoms with van der Waals surface area (Å²) in [6.07, 6.45) is 0. The molecule has 0 saturated carbocycles. The molecule has 55 heavy (non-hydrogen) atoms. The van der Waals surface area contributed by atoms with Crippen molar-refractivity contribution in [1.82, 2.24) is 4.57 Å². The number of rotatable bonds is 6. The molecule has 0 unspecified atom stereocenters. The lowest BCUT2D eigenvalue weighted by molar-refractivity contribution is 1.18. The van der Waals surface area contributed by atoms with Gasteiger partial charge in [0.2, 0.25) is 0 Å². The van der Waals surface area contributed by atoms with E-state index in [0.29, 0.717) is 0 Å². The molecule has 0 saturated heterocycles. The van der Waals surface area contributed by atoms with Crippen LogP contribution in [-0.4, -0.2) is 4.57 Å². The normalized spacial score (nSPS) is 11.6. The van der Waals surface area contributed by atoms with Crippen molar-refractivity contribution in [3.8, 4) is 27.9 Å². The predicted octanol–water partition coefficient (Wildman–Crippen LogP) is 15.1. The minimum atomic E-state index is 1.09. The van der Waals surface area contributed by atoms with Gasteiger partial charge in [-0.3, -0.25) is 0 Å². The largest absolute Gasteiger partial charge is 0.309 e. The van der Waals surface area contributed by atoms with E-state index in [1.807, 2.05) is 11.3 Å². The summed E-state index contributed by atoms with van der Waals surface area (Å²) in [6, 6.07) is 75.4. The smallest absolute Gasteiger partial charge is 0.0561 e. The Labute approximate surface area is 323 Å². The zero-order valence-electron chi connectivity index (χ0n) is 29.9. The summed E-state index contributed by atoms with van der Waals surface area (Å²) < 4.78 is 5.03. The molecule has 3 heteroatoms. The molecule has 2 heterocycles. The maximum atomic E-state index is 2.47. The highest BCUT2D eigenvalue weighted by Crippen LogP contribution is 2.47. The van der Waals surface area contributed by atoms with Gasteiger partial charge >= 0.3 is 0 Å². The molecule has 11 rings (SSSR count). The number of nitrogens with zero attached hydrogens (tertiary/aromatic N) is 2. The summed E-state index contributed by atoms with van der Waals surface area (Å²) in [5, 5.41) is 7.54. The van der Waals surface area contributed by atoms with Crippen LogP contribution in [0.4, 0.5) is 17.1 Å². The molecule has 0 amide bonds. The van der Waals surface area contributed by atoms with Gasteiger partial charge in [0.1, 0.15) is 0 Å². The van der Waals surface area contributed by atoms with Gasteiger partial charge in [-0.15, -0.1) is 11.3 Å². The lowest BCUT2D eigenvalue weighted by Crippen LogP contribution is -2.12. The SMILES string of the molecule is c1ccc(-n2c3ccccc3c3ccc(N(c4ccccc4-c4ccc5ccccc5c4)c4ccccc4-c4ccc5sc6ccccc6c5c4)cc32)cc1. The summed E-state index contributed by atoms with van der Waals surface area (Å²) in [5.41, 5.74) is 11.6. The summed E-state index contributed by atoms with van der Waals surface area (Å²) >= 11 is 1.86. The van der Waals surface area contributed by atoms with E-state index < -0.39 is 0 Å². The Hall–Kier alpha value is -6.94. The van der Waals surface area contributed by atoms with E-state index in [1.165, 1.54) is 75.0 Å². The fourth-order valence-corrected chi connectivity index (χ4v) is 9.52. The van der Waals surface area contributed by atoms with E-state index >= 15 is 0 Å². The van der Waals surface area contributed by atoms with Crippen LogP contribution in [-0.2, 0) is 0 Å². The number of anilines is 3. The van der Waals surface area contributed by atoms with Crippen molar-refractivity contribution in [3.63, 3.8) is 0 Å². The van der Waals surface area contributed by atoms with Crippen molar-refractivity contribution < 1.29 is 0 Å². The summed E-state index contributed by atoms with van der Waals surface area (Å²) in [5.74, 6) is 0. The van der Waals surface area contributed by atoms with E-state index in [0.717, 1.165) is 22.7 Å². The second-order valence-electron chi connectivity index (χ2n) is 14.1. The van der Waals surface area contributed by atoms with Crippen molar-refractivity contribution in [3.05, 3.63) is 206 Å². The van der Waals surface area contributed by atoms with Crippen LogP contribution >= 0.6 is 11.3 Å². The maximum Gasteiger partial charge on any atom is 0.0561 e. The van der Waals surface area contributed by atoms with Crippen molar-refractivity contribution in [1.29, 1.82) is 0 Å². The van der Waals surface area contributed by atoms with Crippen LogP contribution in [0.3, 0.4) is 0 Å². The van der Waals surface area contributed by atoms with Gasteiger partial charge < -0.3 is 9.47 Å². The first-order chi connectivity index (χ1) is 27.3. The van der Waals surface area contributed by atoms with Crippen molar-refractivity contribution in [2.24, 2.45) is 0 Å². The van der Waals surface area contributed by atoms with Crippen molar-refractivity contribution in [2.45, 2.75) is 0 Å². The molecular formula is C52H34N2S. The molecule has 2 nitrogen and oxygen atoms in total. The standard InChI is InChI=1S/C52H34N2S/c1-2-16-39(17-3-1)53-49-24-12-8-20-43(49)44-30-29-40(34-50(44)53)54(47-22-10-6-18-41(47)37-27-26-35-14-4-5-15-36(35)32-37)48-23-11-7-19-42(48)38-28-31-52-46(33-38)45-21-9-13-25-51(45)55-52/h1-34H. The van der Waals surface area contributed by atoms with Gasteiger partial charge in [0.05, 0.1) is 22.4 Å². The number of hydrogen-bond donors (Lipinski definition) is 0. The first-order valence-electron chi connectivity index (χ1n) is 18.8. The van der Waals surface area contributed by atoms with Gasteiger partial charge in [0.25, 0.3) is 0 Å². The Morgan fingerprint density at radius 2 is 0.964 bits per heavy atom. The van der Waals surface area contributed by atoms with Gasteiger partial charge in [-0.2, -0.15) is 0 Å². The Balaban J connectivity index is 1.19. The fourth-order valence-electron chi connectivity index (χ4n) is 8.44. The number of aromatic nitrogens is 1. The summed E-state index contributed by atoms with van der Waals surface area (Å²) in [7, 11) is 0. The topological polar surface area (TPSA) is 8.17 Å². The third kappa shape index (κ3) is 5.24. The number of para-hydroxylation sites is 4. The van der Waals surface area contributed by atoms with Gasteiger partial charge in [0.15, 0.2) is 0 Å². The zero-order chi connectivity index (χ0) is 36.3. The van der Waals surface area contributed by atoms with Crippen LogP contribution < -0.4 is 4.90 Å². The zero-order valence-corrected chi connectivity index (χ0v) is 30.7. The fraction of sp³-hybridized carbons (Fsp3) is 0. The Morgan fingerprint density at radius 3 is 1.78 bits per heavy atom. The minimum Gasteiger partial charge on any atom is -0.309 e. The Bertz CT molecular complexity index is 3220. The highest BCUT2D eigenvalue weighted by molar-refractivity contribution is 7.25. The lowest BCUT2D eigenvalue weighted by atomic mass is 9.96. The molecule has 2 aromatic heterocycles. The molecule has 0 fully saturated rings. The van der Waals surface area contributed by atoms with Crippen LogP contribution in [0.15, 0.2) is 206 Å². The summed E-state index contributed by atoms with van der Waals surface area (Å²) in [6.45, 7) is 0. The third-order valence-electron chi connectivity index (χ3n) is 11.0. The molecule has 9 aromatic carbocycles. The molecular weight excluding hydrogens is 685 g/mol. The monoisotopic (exact) mass is 718 g/mol. The molecule has 0 radical (unpaired) electrons. The van der Waals surface area contributed by atoms with Gasteiger partial charge in [-0.25, -0.2) is 0 Å². The van der Waals surface area contributed by atoms with Gasteiger partial charge in [-0.05, 0) is 88.6 Å². The highest BCUT2D eigenvalue weighted by Gasteiger charge is 2.23. The van der Waals surface area contributed by atoms with Crippen LogP contribution in [0.5, 0.6) is 0 Å². The van der Waals surface area contributed by atoms with Gasteiger partial charge in [0, 0.05) is 53.4 Å². The molecule has 258 valence electrons. The number of hydrogen-bond acceptors (Lipinski definition) is 2. The molecule has 0 spiro atoms. The minimum absolute atomic E-state index is 1.09. The molecule has 0 bridgehead atoms. The van der Waals surface area contributed by atoms with E-state index in [9.17, 15) is 0 Å². The average Bonchev–Trinajstić information content (AvgIpc) is 3.79. The molecule has 0 atom stereocenters. The molecule has 11 aromatic rings. The first kappa shape index (κ1) is 31.6. The predicted molar refractivity (Wildman–Crippen MR) is 237 cm³/mol. The number of benzene rings is 9. The Kier molecular flexibility index (Phi) is 7.39. The van der Waals surface area contributed by atoms with Gasteiger partial charge in [-0.1, -0.05) is 140 Å². The third-order valence-corrected chi connectivity index (χ3v) is 12.1. The number of fused-ring (bicyclic) bond motifs is 7. The van der Waals surface area contributed by atoms with Crippen LogP contribution in [0.2, 0.25) is 0 Å². The van der Waals surface area contributed by atoms with Crippen molar-refractivity contribution in [2.75, 3.05) is 4.90 Å². The van der Waals surface area contributed by atoms with Crippen molar-refractivity contribution >= 4 is 81.1 Å². The first-order valence-corrected chi connectivity index (χ1v) is 19.6. The average molecular weight is 719 g/mol. The van der Waals surface area contributed by atoms with E-state index in [4.69, 9.17) is 0 Å². The number of thiophene rings is 1. The molecule has 0 N–H and O–H groups in total. The van der Waals surface area contributed by atoms with Crippen LogP contribution in [0, 0.1) is 0 Å². The summed E-state index contributed by atoms with van der Waals surface area (Å²) in [4.78, 5) is 2.47. The second-order valence-corrected chi connectivity index (χ2v) is 15.2. The quantitative estimate of drug-likeness (QED) is 0.166. The lowest BCUT2D eigenvalue weighted by Gasteiger charge is -2.30. The highest BCUT2D eigenvalue weighted by atomic mass is 32.1. The molecule has 0 aliphatic carbocycles. The van der Waals surface area contributed by atoms with Crippen LogP contribution in [0.1, 0.15) is 0 Å². The molecule has 0 aliphatic heterocycles. The van der Waals surface area contributed by atoms with E-state index in [1.54, 1.807) is 0 Å². The maximum absolute atomic E-state index is 2.47. The van der Waals surface area contributed by atoms with E-state index in [-0.39, 0.29) is 0 Å². The molecule has 0 aliphatic rings. The van der Waals surface area contributed by atoms with E-state index in [2.05, 4.69) is 216 Å². The Morgan fingerprint density at radius 1 is 0.364 bits per heavy atom.